The minimum Gasteiger partial charge on any atom is -0.361 e. The molecule has 0 saturated carbocycles. The van der Waals surface area contributed by atoms with Gasteiger partial charge in [0.2, 0.25) is 0 Å². The van der Waals surface area contributed by atoms with Crippen molar-refractivity contribution in [3.8, 4) is 11.8 Å². The summed E-state index contributed by atoms with van der Waals surface area (Å²) >= 11 is 0. The summed E-state index contributed by atoms with van der Waals surface area (Å²) < 4.78 is 4.93. The lowest BCUT2D eigenvalue weighted by atomic mass is 10.1. The molecular weight excluding hydrogens is 266 g/mol. The van der Waals surface area contributed by atoms with E-state index in [0.29, 0.717) is 24.4 Å². The van der Waals surface area contributed by atoms with E-state index in [-0.39, 0.29) is 5.91 Å². The van der Waals surface area contributed by atoms with E-state index in [1.54, 1.807) is 18.9 Å². The highest BCUT2D eigenvalue weighted by Gasteiger charge is 2.18. The number of hydrogen-bond donors (Lipinski definition) is 1. The maximum absolute atomic E-state index is 12.3. The first-order valence-electron chi connectivity index (χ1n) is 6.57. The second-order valence-corrected chi connectivity index (χ2v) is 4.62. The Labute approximate surface area is 123 Å². The number of aryl methyl sites for hydroxylation is 1. The molecule has 5 heteroatoms. The third-order valence-corrected chi connectivity index (χ3v) is 3.08. The Morgan fingerprint density at radius 3 is 2.86 bits per heavy atom. The summed E-state index contributed by atoms with van der Waals surface area (Å²) in [7, 11) is 1.74. The van der Waals surface area contributed by atoms with E-state index in [0.717, 1.165) is 11.1 Å². The minimum atomic E-state index is -0.129. The molecule has 0 aliphatic rings. The van der Waals surface area contributed by atoms with Gasteiger partial charge in [-0.15, -0.1) is 0 Å². The lowest BCUT2D eigenvalue weighted by molar-refractivity contribution is 0.0783. The van der Waals surface area contributed by atoms with Crippen LogP contribution in [0.4, 0.5) is 0 Å². The molecule has 0 bridgehead atoms. The van der Waals surface area contributed by atoms with E-state index in [2.05, 4.69) is 17.0 Å². The molecule has 0 spiro atoms. The Morgan fingerprint density at radius 2 is 2.19 bits per heavy atom. The fourth-order valence-corrected chi connectivity index (χ4v) is 1.96. The molecule has 108 valence electrons. The zero-order valence-corrected chi connectivity index (χ0v) is 12.1. The van der Waals surface area contributed by atoms with Crippen LogP contribution < -0.4 is 5.73 Å². The van der Waals surface area contributed by atoms with Crippen molar-refractivity contribution in [2.75, 3.05) is 13.6 Å². The molecule has 2 rings (SSSR count). The summed E-state index contributed by atoms with van der Waals surface area (Å²) in [4.78, 5) is 13.9. The van der Waals surface area contributed by atoms with E-state index in [1.165, 1.54) is 6.20 Å². The van der Waals surface area contributed by atoms with Gasteiger partial charge in [0.25, 0.3) is 5.91 Å². The predicted molar refractivity (Wildman–Crippen MR) is 79.4 cm³/mol. The molecule has 0 saturated heterocycles. The number of nitrogens with zero attached hydrogens (tertiary/aromatic N) is 2. The van der Waals surface area contributed by atoms with Crippen molar-refractivity contribution in [1.82, 2.24) is 10.1 Å². The Hall–Kier alpha value is -2.58. The predicted octanol–water partition coefficient (Wildman–Crippen LogP) is 1.57. The molecule has 2 aromatic rings. The van der Waals surface area contributed by atoms with Crippen LogP contribution in [0.25, 0.3) is 0 Å². The van der Waals surface area contributed by atoms with Gasteiger partial charge in [0, 0.05) is 19.2 Å². The number of rotatable bonds is 3. The van der Waals surface area contributed by atoms with Crippen LogP contribution in [0.3, 0.4) is 0 Å². The third-order valence-electron chi connectivity index (χ3n) is 3.08. The average molecular weight is 283 g/mol. The van der Waals surface area contributed by atoms with Gasteiger partial charge in [0.05, 0.1) is 12.7 Å². The molecule has 2 N–H and O–H groups in total. The van der Waals surface area contributed by atoms with Gasteiger partial charge >= 0.3 is 0 Å². The molecule has 0 unspecified atom stereocenters. The van der Waals surface area contributed by atoms with E-state index in [9.17, 15) is 4.79 Å². The molecule has 0 aliphatic heterocycles. The van der Waals surface area contributed by atoms with Crippen molar-refractivity contribution in [2.24, 2.45) is 5.73 Å². The normalized spacial score (nSPS) is 9.86. The number of carbonyl (C=O) groups excluding carboxylic acids is 1. The minimum absolute atomic E-state index is 0.129. The highest BCUT2D eigenvalue weighted by atomic mass is 16.5. The van der Waals surface area contributed by atoms with Crippen LogP contribution in [0.15, 0.2) is 35.0 Å². The number of hydrogen-bond acceptors (Lipinski definition) is 4. The van der Waals surface area contributed by atoms with Crippen molar-refractivity contribution >= 4 is 5.91 Å². The number of nitrogens with two attached hydrogens (primary N) is 1. The summed E-state index contributed by atoms with van der Waals surface area (Å²) in [5.74, 6) is 6.24. The van der Waals surface area contributed by atoms with Crippen LogP contribution in [0, 0.1) is 18.8 Å². The van der Waals surface area contributed by atoms with E-state index in [4.69, 9.17) is 10.3 Å². The SMILES string of the molecule is Cc1oncc1C(=O)N(C)Cc1ccccc1C#CCN. The van der Waals surface area contributed by atoms with E-state index < -0.39 is 0 Å². The smallest absolute Gasteiger partial charge is 0.259 e. The quantitative estimate of drug-likeness (QED) is 0.868. The number of carbonyl (C=O) groups is 1. The third kappa shape index (κ3) is 3.50. The largest absolute Gasteiger partial charge is 0.361 e. The second kappa shape index (κ2) is 6.73. The Morgan fingerprint density at radius 1 is 1.43 bits per heavy atom. The highest BCUT2D eigenvalue weighted by molar-refractivity contribution is 5.94. The molecule has 0 fully saturated rings. The first-order valence-corrected chi connectivity index (χ1v) is 6.57. The lowest BCUT2D eigenvalue weighted by Crippen LogP contribution is -2.26. The standard InChI is InChI=1S/C16H17N3O2/c1-12-15(10-18-21-12)16(20)19(2)11-14-7-4-3-6-13(14)8-5-9-17/h3-4,6-7,10H,9,11,17H2,1-2H3. The van der Waals surface area contributed by atoms with Gasteiger partial charge in [0.15, 0.2) is 0 Å². The monoisotopic (exact) mass is 283 g/mol. The van der Waals surface area contributed by atoms with Crippen LogP contribution in [0.5, 0.6) is 0 Å². The molecule has 5 nitrogen and oxygen atoms in total. The van der Waals surface area contributed by atoms with Crippen LogP contribution in [0.2, 0.25) is 0 Å². The van der Waals surface area contributed by atoms with Gasteiger partial charge in [-0.3, -0.25) is 4.79 Å². The molecule has 1 amide bonds. The van der Waals surface area contributed by atoms with Crippen molar-refractivity contribution in [2.45, 2.75) is 13.5 Å². The molecule has 1 heterocycles. The van der Waals surface area contributed by atoms with Crippen molar-refractivity contribution in [3.63, 3.8) is 0 Å². The van der Waals surface area contributed by atoms with Gasteiger partial charge in [0.1, 0.15) is 11.3 Å². The van der Waals surface area contributed by atoms with Gasteiger partial charge < -0.3 is 15.2 Å². The summed E-state index contributed by atoms with van der Waals surface area (Å²) in [5, 5.41) is 3.63. The first kappa shape index (κ1) is 14.8. The Bertz CT molecular complexity index is 695. The molecule has 0 radical (unpaired) electrons. The number of amides is 1. The molecule has 1 aromatic heterocycles. The van der Waals surface area contributed by atoms with Crippen molar-refractivity contribution in [1.29, 1.82) is 0 Å². The summed E-state index contributed by atoms with van der Waals surface area (Å²) in [6.07, 6.45) is 1.44. The first-order chi connectivity index (χ1) is 10.1. The van der Waals surface area contributed by atoms with Gasteiger partial charge in [-0.05, 0) is 18.6 Å². The van der Waals surface area contributed by atoms with E-state index in [1.807, 2.05) is 24.3 Å². The second-order valence-electron chi connectivity index (χ2n) is 4.62. The fourth-order valence-electron chi connectivity index (χ4n) is 1.96. The summed E-state index contributed by atoms with van der Waals surface area (Å²) in [5.41, 5.74) is 7.73. The zero-order chi connectivity index (χ0) is 15.2. The maximum atomic E-state index is 12.3. The Kier molecular flexibility index (Phi) is 4.75. The maximum Gasteiger partial charge on any atom is 0.259 e. The zero-order valence-electron chi connectivity index (χ0n) is 12.1. The summed E-state index contributed by atoms with van der Waals surface area (Å²) in [6.45, 7) is 2.48. The summed E-state index contributed by atoms with van der Waals surface area (Å²) in [6, 6.07) is 7.70. The topological polar surface area (TPSA) is 72.4 Å². The van der Waals surface area contributed by atoms with Crippen LogP contribution in [0.1, 0.15) is 27.2 Å². The molecular formula is C16H17N3O2. The molecule has 0 aliphatic carbocycles. The van der Waals surface area contributed by atoms with Crippen LogP contribution in [-0.4, -0.2) is 29.6 Å². The van der Waals surface area contributed by atoms with E-state index >= 15 is 0 Å². The average Bonchev–Trinajstić information content (AvgIpc) is 2.91. The van der Waals surface area contributed by atoms with Gasteiger partial charge in [-0.2, -0.15) is 0 Å². The molecule has 1 aromatic carbocycles. The highest BCUT2D eigenvalue weighted by Crippen LogP contribution is 2.14. The van der Waals surface area contributed by atoms with Crippen LogP contribution >= 0.6 is 0 Å². The van der Waals surface area contributed by atoms with Crippen LogP contribution in [-0.2, 0) is 6.54 Å². The molecule has 21 heavy (non-hydrogen) atoms. The number of aromatic nitrogens is 1. The van der Waals surface area contributed by atoms with Gasteiger partial charge in [-0.1, -0.05) is 35.2 Å². The molecule has 0 atom stereocenters. The lowest BCUT2D eigenvalue weighted by Gasteiger charge is -2.17. The van der Waals surface area contributed by atoms with Crippen molar-refractivity contribution in [3.05, 3.63) is 52.9 Å². The van der Waals surface area contributed by atoms with Gasteiger partial charge in [-0.25, -0.2) is 0 Å². The number of benzene rings is 1. The Balaban J connectivity index is 2.18. The fraction of sp³-hybridized carbons (Fsp3) is 0.250. The van der Waals surface area contributed by atoms with Crippen molar-refractivity contribution < 1.29 is 9.32 Å².